The van der Waals surface area contributed by atoms with Crippen LogP contribution in [0.3, 0.4) is 0 Å². The molecule has 2 aromatic heterocycles. The molecule has 0 amide bonds. The second kappa shape index (κ2) is 6.77. The van der Waals surface area contributed by atoms with Crippen LogP contribution in [0, 0.1) is 5.92 Å². The van der Waals surface area contributed by atoms with Gasteiger partial charge in [0.15, 0.2) is 5.82 Å². The number of hydrogen-bond acceptors (Lipinski definition) is 3. The summed E-state index contributed by atoms with van der Waals surface area (Å²) in [4.78, 5) is 9.76. The van der Waals surface area contributed by atoms with Crippen LogP contribution in [0.4, 0.5) is 0 Å². The second-order valence-electron chi connectivity index (χ2n) is 9.84. The fourth-order valence-corrected chi connectivity index (χ4v) is 5.29. The molecule has 0 unspecified atom stereocenters. The second-order valence-corrected chi connectivity index (χ2v) is 9.84. The quantitative estimate of drug-likeness (QED) is 0.304. The molecule has 0 aliphatic heterocycles. The maximum absolute atomic E-state index is 6.42. The first kappa shape index (κ1) is 19.2. The van der Waals surface area contributed by atoms with Gasteiger partial charge in [0.2, 0.25) is 0 Å². The molecule has 158 valence electrons. The van der Waals surface area contributed by atoms with E-state index in [9.17, 15) is 0 Å². The SMILES string of the molecule is CC(C)Cc1ccc2nc(-c3cccc4c3-c3oc5ccccc5c3C4(C)C)ncc2c1. The van der Waals surface area contributed by atoms with E-state index in [1.54, 1.807) is 0 Å². The number of fused-ring (bicyclic) bond motifs is 6. The van der Waals surface area contributed by atoms with E-state index in [-0.39, 0.29) is 5.41 Å². The maximum atomic E-state index is 6.42. The zero-order chi connectivity index (χ0) is 22.0. The number of para-hydroxylation sites is 1. The molecule has 0 fully saturated rings. The molecule has 2 heterocycles. The minimum atomic E-state index is -0.143. The minimum absolute atomic E-state index is 0.143. The zero-order valence-electron chi connectivity index (χ0n) is 18.9. The van der Waals surface area contributed by atoms with Crippen LogP contribution in [0.2, 0.25) is 0 Å². The zero-order valence-corrected chi connectivity index (χ0v) is 18.9. The van der Waals surface area contributed by atoms with Crippen molar-refractivity contribution >= 4 is 21.9 Å². The van der Waals surface area contributed by atoms with Crippen molar-refractivity contribution in [2.24, 2.45) is 5.92 Å². The summed E-state index contributed by atoms with van der Waals surface area (Å²) in [5.41, 5.74) is 7.78. The number of benzene rings is 3. The third-order valence-corrected chi connectivity index (χ3v) is 6.71. The Labute approximate surface area is 188 Å². The molecule has 1 aliphatic rings. The Bertz CT molecular complexity index is 1510. The molecule has 3 nitrogen and oxygen atoms in total. The fraction of sp³-hybridized carbons (Fsp3) is 0.241. The fourth-order valence-electron chi connectivity index (χ4n) is 5.29. The standard InChI is InChI=1S/C29H26N2O/c1-17(2)14-18-12-13-23-19(15-18)16-30-28(31-23)21-9-7-10-22-25(21)27-26(29(22,3)4)20-8-5-6-11-24(20)32-27/h5-13,15-17H,14H2,1-4H3. The van der Waals surface area contributed by atoms with Crippen molar-refractivity contribution in [3.63, 3.8) is 0 Å². The largest absolute Gasteiger partial charge is 0.456 e. The summed E-state index contributed by atoms with van der Waals surface area (Å²) in [6.07, 6.45) is 3.02. The lowest BCUT2D eigenvalue weighted by atomic mass is 9.81. The van der Waals surface area contributed by atoms with E-state index in [4.69, 9.17) is 14.4 Å². The van der Waals surface area contributed by atoms with Gasteiger partial charge in [-0.1, -0.05) is 70.2 Å². The van der Waals surface area contributed by atoms with Gasteiger partial charge in [0.1, 0.15) is 11.3 Å². The molecule has 32 heavy (non-hydrogen) atoms. The molecular formula is C29H26N2O. The summed E-state index contributed by atoms with van der Waals surface area (Å²) in [5.74, 6) is 2.33. The van der Waals surface area contributed by atoms with E-state index in [1.807, 2.05) is 18.3 Å². The van der Waals surface area contributed by atoms with Crippen LogP contribution in [-0.4, -0.2) is 9.97 Å². The number of rotatable bonds is 3. The van der Waals surface area contributed by atoms with Crippen molar-refractivity contribution in [2.45, 2.75) is 39.5 Å². The van der Waals surface area contributed by atoms with Crippen LogP contribution in [0.1, 0.15) is 44.4 Å². The molecule has 0 atom stereocenters. The van der Waals surface area contributed by atoms with Crippen molar-refractivity contribution in [1.29, 1.82) is 0 Å². The van der Waals surface area contributed by atoms with Crippen LogP contribution in [0.15, 0.2) is 71.3 Å². The molecule has 6 rings (SSSR count). The van der Waals surface area contributed by atoms with Crippen molar-refractivity contribution in [3.8, 4) is 22.7 Å². The molecule has 3 aromatic carbocycles. The van der Waals surface area contributed by atoms with Gasteiger partial charge in [-0.3, -0.25) is 0 Å². The topological polar surface area (TPSA) is 38.9 Å². The molecule has 3 heteroatoms. The minimum Gasteiger partial charge on any atom is -0.456 e. The third kappa shape index (κ3) is 2.74. The lowest BCUT2D eigenvalue weighted by molar-refractivity contribution is 0.619. The summed E-state index contributed by atoms with van der Waals surface area (Å²) in [6.45, 7) is 9.04. The average Bonchev–Trinajstić information content (AvgIpc) is 3.27. The van der Waals surface area contributed by atoms with Gasteiger partial charge < -0.3 is 4.42 Å². The van der Waals surface area contributed by atoms with E-state index in [0.29, 0.717) is 5.92 Å². The van der Waals surface area contributed by atoms with E-state index < -0.39 is 0 Å². The first-order chi connectivity index (χ1) is 15.4. The molecule has 1 aliphatic carbocycles. The van der Waals surface area contributed by atoms with Gasteiger partial charge in [-0.05, 0) is 41.7 Å². The van der Waals surface area contributed by atoms with Crippen LogP contribution in [0.25, 0.3) is 44.6 Å². The highest BCUT2D eigenvalue weighted by molar-refractivity contribution is 5.98. The van der Waals surface area contributed by atoms with E-state index in [1.165, 1.54) is 22.1 Å². The third-order valence-electron chi connectivity index (χ3n) is 6.71. The lowest BCUT2D eigenvalue weighted by Crippen LogP contribution is -2.14. The Morgan fingerprint density at radius 1 is 0.969 bits per heavy atom. The first-order valence-corrected chi connectivity index (χ1v) is 11.4. The number of hydrogen-bond donors (Lipinski definition) is 0. The van der Waals surface area contributed by atoms with Crippen molar-refractivity contribution in [1.82, 2.24) is 9.97 Å². The summed E-state index contributed by atoms with van der Waals surface area (Å²) >= 11 is 0. The van der Waals surface area contributed by atoms with Gasteiger partial charge in [-0.25, -0.2) is 9.97 Å². The van der Waals surface area contributed by atoms with Gasteiger partial charge in [0.25, 0.3) is 0 Å². The summed E-state index contributed by atoms with van der Waals surface area (Å²) in [7, 11) is 0. The van der Waals surface area contributed by atoms with Crippen molar-refractivity contribution in [2.75, 3.05) is 0 Å². The van der Waals surface area contributed by atoms with E-state index >= 15 is 0 Å². The predicted molar refractivity (Wildman–Crippen MR) is 131 cm³/mol. The first-order valence-electron chi connectivity index (χ1n) is 11.4. The monoisotopic (exact) mass is 418 g/mol. The van der Waals surface area contributed by atoms with Gasteiger partial charge >= 0.3 is 0 Å². The Kier molecular flexibility index (Phi) is 4.07. The van der Waals surface area contributed by atoms with Gasteiger partial charge in [0.05, 0.1) is 5.52 Å². The van der Waals surface area contributed by atoms with Crippen molar-refractivity contribution < 1.29 is 4.42 Å². The van der Waals surface area contributed by atoms with Gasteiger partial charge in [0, 0.05) is 39.1 Å². The Balaban J connectivity index is 1.55. The Morgan fingerprint density at radius 3 is 2.66 bits per heavy atom. The maximum Gasteiger partial charge on any atom is 0.160 e. The summed E-state index contributed by atoms with van der Waals surface area (Å²) in [6, 6.07) is 21.3. The molecule has 0 saturated carbocycles. The highest BCUT2D eigenvalue weighted by Crippen LogP contribution is 2.55. The molecule has 0 radical (unpaired) electrons. The van der Waals surface area contributed by atoms with Crippen LogP contribution in [-0.2, 0) is 11.8 Å². The summed E-state index contributed by atoms with van der Waals surface area (Å²) < 4.78 is 6.42. The number of aromatic nitrogens is 2. The van der Waals surface area contributed by atoms with E-state index in [2.05, 4.69) is 76.2 Å². The number of nitrogens with zero attached hydrogens (tertiary/aromatic N) is 2. The Morgan fingerprint density at radius 2 is 1.81 bits per heavy atom. The van der Waals surface area contributed by atoms with Crippen LogP contribution >= 0.6 is 0 Å². The molecule has 5 aromatic rings. The smallest absolute Gasteiger partial charge is 0.160 e. The predicted octanol–water partition coefficient (Wildman–Crippen LogP) is 7.55. The highest BCUT2D eigenvalue weighted by atomic mass is 16.3. The molecule has 0 spiro atoms. The molecular weight excluding hydrogens is 392 g/mol. The lowest BCUT2D eigenvalue weighted by Gasteiger charge is -2.21. The van der Waals surface area contributed by atoms with E-state index in [0.717, 1.165) is 45.6 Å². The van der Waals surface area contributed by atoms with Gasteiger partial charge in [-0.15, -0.1) is 0 Å². The van der Waals surface area contributed by atoms with Crippen LogP contribution < -0.4 is 0 Å². The highest BCUT2D eigenvalue weighted by Gasteiger charge is 2.41. The molecule has 0 saturated heterocycles. The normalized spacial score (nSPS) is 14.3. The van der Waals surface area contributed by atoms with Gasteiger partial charge in [-0.2, -0.15) is 0 Å². The Hall–Kier alpha value is -3.46. The number of furan rings is 1. The molecule has 0 N–H and O–H groups in total. The van der Waals surface area contributed by atoms with Crippen LogP contribution in [0.5, 0.6) is 0 Å². The molecule has 0 bridgehead atoms. The van der Waals surface area contributed by atoms with Crippen molar-refractivity contribution in [3.05, 3.63) is 83.6 Å². The summed E-state index contributed by atoms with van der Waals surface area (Å²) in [5, 5.41) is 2.27. The average molecular weight is 419 g/mol.